The van der Waals surface area contributed by atoms with Gasteiger partial charge in [0.05, 0.1) is 5.02 Å². The summed E-state index contributed by atoms with van der Waals surface area (Å²) in [7, 11) is 0. The van der Waals surface area contributed by atoms with Crippen LogP contribution in [0.2, 0.25) is 5.02 Å². The van der Waals surface area contributed by atoms with E-state index >= 15 is 0 Å². The van der Waals surface area contributed by atoms with Crippen molar-refractivity contribution in [3.8, 4) is 0 Å². The van der Waals surface area contributed by atoms with Crippen LogP contribution in [0.3, 0.4) is 0 Å². The van der Waals surface area contributed by atoms with Crippen LogP contribution in [0, 0.1) is 5.92 Å². The Labute approximate surface area is 105 Å². The smallest absolute Gasteiger partial charge is 0.0568 e. The fourth-order valence-corrected chi connectivity index (χ4v) is 2.37. The van der Waals surface area contributed by atoms with Crippen LogP contribution < -0.4 is 4.90 Å². The van der Waals surface area contributed by atoms with Gasteiger partial charge in [0.15, 0.2) is 0 Å². The summed E-state index contributed by atoms with van der Waals surface area (Å²) in [6, 6.07) is 6.20. The number of rotatable bonds is 1. The van der Waals surface area contributed by atoms with Crippen molar-refractivity contribution in [3.05, 3.63) is 27.7 Å². The average Bonchev–Trinajstić information content (AvgIpc) is 2.23. The van der Waals surface area contributed by atoms with Gasteiger partial charge < -0.3 is 4.90 Å². The Morgan fingerprint density at radius 3 is 2.60 bits per heavy atom. The fourth-order valence-electron chi connectivity index (χ4n) is 1.95. The largest absolute Gasteiger partial charge is 0.371 e. The molecule has 1 aliphatic heterocycles. The van der Waals surface area contributed by atoms with Gasteiger partial charge in [0.1, 0.15) is 0 Å². The second kappa shape index (κ2) is 4.75. The van der Waals surface area contributed by atoms with E-state index in [1.807, 2.05) is 12.1 Å². The van der Waals surface area contributed by atoms with Crippen molar-refractivity contribution in [2.75, 3.05) is 18.0 Å². The molecular formula is C12H15BrClN. The second-order valence-electron chi connectivity index (χ2n) is 4.27. The quantitative estimate of drug-likeness (QED) is 0.743. The first kappa shape index (κ1) is 11.3. The minimum atomic E-state index is 0.797. The zero-order valence-electron chi connectivity index (χ0n) is 8.84. The van der Waals surface area contributed by atoms with Crippen LogP contribution in [0.25, 0.3) is 0 Å². The van der Waals surface area contributed by atoms with Gasteiger partial charge in [-0.1, -0.05) is 18.5 Å². The van der Waals surface area contributed by atoms with E-state index in [1.165, 1.54) is 18.5 Å². The molecule has 1 aromatic rings. The first-order valence-corrected chi connectivity index (χ1v) is 6.54. The molecule has 0 saturated carbocycles. The molecule has 1 fully saturated rings. The van der Waals surface area contributed by atoms with Crippen molar-refractivity contribution in [1.82, 2.24) is 0 Å². The van der Waals surface area contributed by atoms with E-state index in [9.17, 15) is 0 Å². The number of anilines is 1. The molecule has 15 heavy (non-hydrogen) atoms. The molecular weight excluding hydrogens is 273 g/mol. The third-order valence-electron chi connectivity index (χ3n) is 3.05. The summed E-state index contributed by atoms with van der Waals surface area (Å²) in [4.78, 5) is 2.42. The Bertz CT molecular complexity index is 345. The van der Waals surface area contributed by atoms with Crippen molar-refractivity contribution in [2.24, 2.45) is 5.92 Å². The number of halogens is 2. The Balaban J connectivity index is 2.12. The summed E-state index contributed by atoms with van der Waals surface area (Å²) < 4.78 is 0.971. The average molecular weight is 289 g/mol. The molecule has 0 aliphatic carbocycles. The molecule has 0 unspecified atom stereocenters. The van der Waals surface area contributed by atoms with E-state index in [-0.39, 0.29) is 0 Å². The zero-order valence-corrected chi connectivity index (χ0v) is 11.2. The van der Waals surface area contributed by atoms with E-state index < -0.39 is 0 Å². The molecule has 0 aromatic heterocycles. The van der Waals surface area contributed by atoms with Crippen molar-refractivity contribution in [1.29, 1.82) is 0 Å². The van der Waals surface area contributed by atoms with Gasteiger partial charge in [0.25, 0.3) is 0 Å². The number of hydrogen-bond donors (Lipinski definition) is 0. The third kappa shape index (κ3) is 2.67. The lowest BCUT2D eigenvalue weighted by Gasteiger charge is -2.32. The van der Waals surface area contributed by atoms with Gasteiger partial charge in [-0.25, -0.2) is 0 Å². The molecule has 0 bridgehead atoms. The molecule has 3 heteroatoms. The minimum absolute atomic E-state index is 0.797. The van der Waals surface area contributed by atoms with Crippen LogP contribution in [0.15, 0.2) is 22.7 Å². The van der Waals surface area contributed by atoms with Gasteiger partial charge >= 0.3 is 0 Å². The molecule has 1 aromatic carbocycles. The maximum absolute atomic E-state index is 6.09. The summed E-state index contributed by atoms with van der Waals surface area (Å²) in [5, 5.41) is 0.797. The maximum atomic E-state index is 6.09. The van der Waals surface area contributed by atoms with Gasteiger partial charge in [-0.2, -0.15) is 0 Å². The molecule has 0 atom stereocenters. The molecule has 1 aliphatic rings. The van der Waals surface area contributed by atoms with Crippen LogP contribution in [0.1, 0.15) is 19.8 Å². The highest BCUT2D eigenvalue weighted by molar-refractivity contribution is 9.10. The van der Waals surface area contributed by atoms with Gasteiger partial charge in [-0.15, -0.1) is 0 Å². The van der Waals surface area contributed by atoms with E-state index in [2.05, 4.69) is 33.8 Å². The Morgan fingerprint density at radius 2 is 2.00 bits per heavy atom. The van der Waals surface area contributed by atoms with E-state index in [1.54, 1.807) is 0 Å². The third-order valence-corrected chi connectivity index (χ3v) is 4.28. The Kier molecular flexibility index (Phi) is 3.57. The highest BCUT2D eigenvalue weighted by Gasteiger charge is 2.16. The summed E-state index contributed by atoms with van der Waals surface area (Å²) in [5.74, 6) is 0.868. The highest BCUT2D eigenvalue weighted by atomic mass is 79.9. The van der Waals surface area contributed by atoms with Crippen LogP contribution in [0.4, 0.5) is 5.69 Å². The van der Waals surface area contributed by atoms with Gasteiger partial charge in [-0.3, -0.25) is 0 Å². The monoisotopic (exact) mass is 287 g/mol. The highest BCUT2D eigenvalue weighted by Crippen LogP contribution is 2.29. The van der Waals surface area contributed by atoms with Crippen LogP contribution in [0.5, 0.6) is 0 Å². The predicted molar refractivity (Wildman–Crippen MR) is 69.8 cm³/mol. The number of benzene rings is 1. The van der Waals surface area contributed by atoms with Crippen LogP contribution >= 0.6 is 27.5 Å². The molecule has 0 amide bonds. The second-order valence-corrected chi connectivity index (χ2v) is 5.53. The van der Waals surface area contributed by atoms with Crippen LogP contribution in [-0.2, 0) is 0 Å². The minimum Gasteiger partial charge on any atom is -0.371 e. The number of piperidine rings is 1. The van der Waals surface area contributed by atoms with Crippen molar-refractivity contribution in [3.63, 3.8) is 0 Å². The first-order valence-electron chi connectivity index (χ1n) is 5.37. The molecule has 2 rings (SSSR count). The molecule has 82 valence electrons. The van der Waals surface area contributed by atoms with Gasteiger partial charge in [0.2, 0.25) is 0 Å². The lowest BCUT2D eigenvalue weighted by molar-refractivity contribution is 0.438. The first-order chi connectivity index (χ1) is 7.16. The predicted octanol–water partition coefficient (Wildman–Crippen LogP) is 4.34. The SMILES string of the molecule is CC1CCN(c2ccc(Br)c(Cl)c2)CC1. The Morgan fingerprint density at radius 1 is 1.33 bits per heavy atom. The molecule has 1 heterocycles. The Hall–Kier alpha value is -0.210. The van der Waals surface area contributed by atoms with Crippen molar-refractivity contribution < 1.29 is 0 Å². The van der Waals surface area contributed by atoms with E-state index in [0.717, 1.165) is 28.5 Å². The molecule has 1 saturated heterocycles. The summed E-state index contributed by atoms with van der Waals surface area (Å²) in [6.45, 7) is 4.63. The zero-order chi connectivity index (χ0) is 10.8. The van der Waals surface area contributed by atoms with E-state index in [4.69, 9.17) is 11.6 Å². The number of nitrogens with zero attached hydrogens (tertiary/aromatic N) is 1. The van der Waals surface area contributed by atoms with Gasteiger partial charge in [0, 0.05) is 23.2 Å². The lowest BCUT2D eigenvalue weighted by Crippen LogP contribution is -2.32. The van der Waals surface area contributed by atoms with Crippen molar-refractivity contribution in [2.45, 2.75) is 19.8 Å². The normalized spacial score (nSPS) is 18.2. The van der Waals surface area contributed by atoms with E-state index in [0.29, 0.717) is 0 Å². The van der Waals surface area contributed by atoms with Gasteiger partial charge in [-0.05, 0) is 52.9 Å². The summed E-state index contributed by atoms with van der Waals surface area (Å²) >= 11 is 9.50. The van der Waals surface area contributed by atoms with Crippen LogP contribution in [-0.4, -0.2) is 13.1 Å². The molecule has 0 radical (unpaired) electrons. The topological polar surface area (TPSA) is 3.24 Å². The maximum Gasteiger partial charge on any atom is 0.0568 e. The molecule has 0 spiro atoms. The standard InChI is InChI=1S/C12H15BrClN/c1-9-4-6-15(7-5-9)10-2-3-11(13)12(14)8-10/h2-3,8-9H,4-7H2,1H3. The number of hydrogen-bond acceptors (Lipinski definition) is 1. The van der Waals surface area contributed by atoms with Crippen molar-refractivity contribution >= 4 is 33.2 Å². The lowest BCUT2D eigenvalue weighted by atomic mass is 9.99. The fraction of sp³-hybridized carbons (Fsp3) is 0.500. The summed E-state index contributed by atoms with van der Waals surface area (Å²) in [6.07, 6.45) is 2.57. The molecule has 1 nitrogen and oxygen atoms in total. The molecule has 0 N–H and O–H groups in total. The summed E-state index contributed by atoms with van der Waals surface area (Å²) in [5.41, 5.74) is 1.25.